The largest absolute Gasteiger partial charge is 0.494 e. The van der Waals surface area contributed by atoms with Crippen molar-refractivity contribution >= 4 is 0 Å². The summed E-state index contributed by atoms with van der Waals surface area (Å²) in [6.45, 7) is 5.77. The molecule has 0 aliphatic rings. The second kappa shape index (κ2) is 12.0. The molecule has 178 valence electrons. The lowest BCUT2D eigenvalue weighted by atomic mass is 10.2. The molecule has 2 aromatic carbocycles. The average Bonchev–Trinajstić information content (AvgIpc) is 3.56. The first-order valence-electron chi connectivity index (χ1n) is 11.9. The zero-order valence-electron chi connectivity index (χ0n) is 19.7. The van der Waals surface area contributed by atoms with Crippen molar-refractivity contribution in [3.05, 3.63) is 48.5 Å². The molecule has 0 radical (unpaired) electrons. The van der Waals surface area contributed by atoms with Crippen molar-refractivity contribution in [3.8, 4) is 46.2 Å². The molecule has 2 heterocycles. The standard InChI is InChI=1S/C26H30N4O4/c1-3-5-7-17-31-21-13-9-19(10-14-21)23-27-29-25(33-23)26-30-28-24(34-26)20-11-15-22(16-12-20)32-18-8-6-4-2/h9-16H,3-8,17-18H2,1-2H3. The number of unbranched alkanes of at least 4 members (excludes halogenated alkanes) is 4. The molecule has 0 saturated heterocycles. The summed E-state index contributed by atoms with van der Waals surface area (Å²) in [4.78, 5) is 0. The molecule has 34 heavy (non-hydrogen) atoms. The Labute approximate surface area is 199 Å². The molecule has 0 aliphatic heterocycles. The van der Waals surface area contributed by atoms with E-state index in [2.05, 4.69) is 34.2 Å². The number of benzene rings is 2. The van der Waals surface area contributed by atoms with Crippen LogP contribution in [0.15, 0.2) is 57.4 Å². The summed E-state index contributed by atoms with van der Waals surface area (Å²) < 4.78 is 23.0. The fourth-order valence-electron chi connectivity index (χ4n) is 3.32. The Morgan fingerprint density at radius 1 is 0.529 bits per heavy atom. The lowest BCUT2D eigenvalue weighted by Crippen LogP contribution is -1.96. The highest BCUT2D eigenvalue weighted by atomic mass is 16.5. The Morgan fingerprint density at radius 2 is 0.912 bits per heavy atom. The van der Waals surface area contributed by atoms with Gasteiger partial charge in [-0.1, -0.05) is 39.5 Å². The smallest absolute Gasteiger partial charge is 0.306 e. The van der Waals surface area contributed by atoms with Gasteiger partial charge in [0.2, 0.25) is 11.8 Å². The molecule has 0 fully saturated rings. The lowest BCUT2D eigenvalue weighted by Gasteiger charge is -2.05. The molecule has 4 rings (SSSR count). The molecule has 0 saturated carbocycles. The first-order chi connectivity index (χ1) is 16.8. The van der Waals surface area contributed by atoms with E-state index in [9.17, 15) is 0 Å². The van der Waals surface area contributed by atoms with Crippen molar-refractivity contribution in [3.63, 3.8) is 0 Å². The van der Waals surface area contributed by atoms with Crippen LogP contribution in [-0.2, 0) is 0 Å². The van der Waals surface area contributed by atoms with Crippen molar-refractivity contribution in [1.82, 2.24) is 20.4 Å². The van der Waals surface area contributed by atoms with Gasteiger partial charge in [0.25, 0.3) is 0 Å². The fourth-order valence-corrected chi connectivity index (χ4v) is 3.32. The van der Waals surface area contributed by atoms with E-state index in [-0.39, 0.29) is 11.8 Å². The number of nitrogens with zero attached hydrogens (tertiary/aromatic N) is 4. The van der Waals surface area contributed by atoms with E-state index in [4.69, 9.17) is 18.3 Å². The molecule has 0 amide bonds. The van der Waals surface area contributed by atoms with Crippen LogP contribution in [0.4, 0.5) is 0 Å². The quantitative estimate of drug-likeness (QED) is 0.205. The average molecular weight is 463 g/mol. The molecule has 4 aromatic rings. The van der Waals surface area contributed by atoms with Crippen LogP contribution in [0.2, 0.25) is 0 Å². The van der Waals surface area contributed by atoms with E-state index < -0.39 is 0 Å². The summed E-state index contributed by atoms with van der Waals surface area (Å²) in [6, 6.07) is 15.1. The SMILES string of the molecule is CCCCCOc1ccc(-c2nnc(-c3nnc(-c4ccc(OCCCCC)cc4)o3)o2)cc1. The summed E-state index contributed by atoms with van der Waals surface area (Å²) in [5.41, 5.74) is 1.57. The predicted molar refractivity (Wildman–Crippen MR) is 129 cm³/mol. The van der Waals surface area contributed by atoms with Crippen molar-refractivity contribution in [2.24, 2.45) is 0 Å². The number of hydrogen-bond acceptors (Lipinski definition) is 8. The predicted octanol–water partition coefficient (Wildman–Crippen LogP) is 6.59. The van der Waals surface area contributed by atoms with Crippen LogP contribution in [0.1, 0.15) is 52.4 Å². The minimum atomic E-state index is 0.171. The van der Waals surface area contributed by atoms with Gasteiger partial charge < -0.3 is 18.3 Å². The van der Waals surface area contributed by atoms with Gasteiger partial charge in [0.05, 0.1) is 13.2 Å². The Kier molecular flexibility index (Phi) is 8.27. The summed E-state index contributed by atoms with van der Waals surface area (Å²) >= 11 is 0. The third kappa shape index (κ3) is 6.21. The van der Waals surface area contributed by atoms with E-state index >= 15 is 0 Å². The maximum atomic E-state index is 5.76. The van der Waals surface area contributed by atoms with Crippen LogP contribution >= 0.6 is 0 Å². The van der Waals surface area contributed by atoms with Gasteiger partial charge >= 0.3 is 11.8 Å². The van der Waals surface area contributed by atoms with Crippen LogP contribution in [-0.4, -0.2) is 33.6 Å². The summed E-state index contributed by atoms with van der Waals surface area (Å²) in [7, 11) is 0. The van der Waals surface area contributed by atoms with Crippen molar-refractivity contribution in [2.45, 2.75) is 52.4 Å². The summed E-state index contributed by atoms with van der Waals surface area (Å²) in [5, 5.41) is 16.3. The maximum absolute atomic E-state index is 5.76. The molecule has 0 unspecified atom stereocenters. The van der Waals surface area contributed by atoms with E-state index in [0.717, 1.165) is 35.5 Å². The van der Waals surface area contributed by atoms with Gasteiger partial charge in [0.15, 0.2) is 0 Å². The Hall–Kier alpha value is -3.68. The maximum Gasteiger partial charge on any atom is 0.306 e. The van der Waals surface area contributed by atoms with Crippen LogP contribution in [0.3, 0.4) is 0 Å². The second-order valence-electron chi connectivity index (χ2n) is 7.98. The summed E-state index contributed by atoms with van der Waals surface area (Å²) in [6.07, 6.45) is 6.77. The first kappa shape index (κ1) is 23.5. The second-order valence-corrected chi connectivity index (χ2v) is 7.98. The van der Waals surface area contributed by atoms with Crippen LogP contribution in [0, 0.1) is 0 Å². The zero-order chi connectivity index (χ0) is 23.6. The van der Waals surface area contributed by atoms with Crippen molar-refractivity contribution < 1.29 is 18.3 Å². The van der Waals surface area contributed by atoms with Crippen molar-refractivity contribution in [1.29, 1.82) is 0 Å². The first-order valence-corrected chi connectivity index (χ1v) is 11.9. The Bertz CT molecular complexity index is 1040. The highest BCUT2D eigenvalue weighted by Gasteiger charge is 2.18. The fraction of sp³-hybridized carbons (Fsp3) is 0.385. The molecule has 0 aliphatic carbocycles. The molecular formula is C26H30N4O4. The molecule has 0 spiro atoms. The third-order valence-electron chi connectivity index (χ3n) is 5.27. The van der Waals surface area contributed by atoms with E-state index in [0.29, 0.717) is 25.0 Å². The number of rotatable bonds is 13. The molecule has 0 atom stereocenters. The molecular weight excluding hydrogens is 432 g/mol. The minimum absolute atomic E-state index is 0.171. The van der Waals surface area contributed by atoms with Gasteiger partial charge in [-0.3, -0.25) is 0 Å². The topological polar surface area (TPSA) is 96.3 Å². The van der Waals surface area contributed by atoms with Gasteiger partial charge in [-0.05, 0) is 61.4 Å². The van der Waals surface area contributed by atoms with Gasteiger partial charge in [-0.25, -0.2) is 0 Å². The van der Waals surface area contributed by atoms with Gasteiger partial charge in [0.1, 0.15) is 11.5 Å². The highest BCUT2D eigenvalue weighted by Crippen LogP contribution is 2.28. The third-order valence-corrected chi connectivity index (χ3v) is 5.27. The zero-order valence-corrected chi connectivity index (χ0v) is 19.7. The van der Waals surface area contributed by atoms with Gasteiger partial charge in [-0.2, -0.15) is 0 Å². The van der Waals surface area contributed by atoms with E-state index in [1.54, 1.807) is 0 Å². The number of aromatic nitrogens is 4. The monoisotopic (exact) mass is 462 g/mol. The molecule has 0 N–H and O–H groups in total. The molecule has 2 aromatic heterocycles. The van der Waals surface area contributed by atoms with Crippen LogP contribution < -0.4 is 9.47 Å². The highest BCUT2D eigenvalue weighted by molar-refractivity contribution is 5.57. The van der Waals surface area contributed by atoms with Crippen molar-refractivity contribution in [2.75, 3.05) is 13.2 Å². The van der Waals surface area contributed by atoms with Gasteiger partial charge in [-0.15, -0.1) is 20.4 Å². The molecule has 8 heteroatoms. The minimum Gasteiger partial charge on any atom is -0.494 e. The van der Waals surface area contributed by atoms with Gasteiger partial charge in [0, 0.05) is 11.1 Å². The number of ether oxygens (including phenoxy) is 2. The summed E-state index contributed by atoms with van der Waals surface area (Å²) in [5.74, 6) is 2.72. The molecule has 0 bridgehead atoms. The van der Waals surface area contributed by atoms with Crippen LogP contribution in [0.25, 0.3) is 34.7 Å². The Morgan fingerprint density at radius 3 is 1.29 bits per heavy atom. The number of hydrogen-bond donors (Lipinski definition) is 0. The lowest BCUT2D eigenvalue weighted by molar-refractivity contribution is 0.306. The van der Waals surface area contributed by atoms with E-state index in [1.165, 1.54) is 25.7 Å². The van der Waals surface area contributed by atoms with E-state index in [1.807, 2.05) is 48.5 Å². The normalized spacial score (nSPS) is 11.0. The Balaban J connectivity index is 1.37. The molecule has 8 nitrogen and oxygen atoms in total. The van der Waals surface area contributed by atoms with Crippen LogP contribution in [0.5, 0.6) is 11.5 Å².